The maximum Gasteiger partial charge on any atom is 0.225 e. The van der Waals surface area contributed by atoms with Crippen LogP contribution in [0.3, 0.4) is 0 Å². The third kappa shape index (κ3) is 4.17. The van der Waals surface area contributed by atoms with Gasteiger partial charge in [-0.3, -0.25) is 9.69 Å². The van der Waals surface area contributed by atoms with Crippen LogP contribution < -0.4 is 0 Å². The van der Waals surface area contributed by atoms with Gasteiger partial charge in [-0.05, 0) is 51.9 Å². The summed E-state index contributed by atoms with van der Waals surface area (Å²) in [6.07, 6.45) is 2.02. The number of piperidine rings is 1. The summed E-state index contributed by atoms with van der Waals surface area (Å²) in [5.41, 5.74) is 2.11. The van der Waals surface area contributed by atoms with Gasteiger partial charge in [0.15, 0.2) is 0 Å². The summed E-state index contributed by atoms with van der Waals surface area (Å²) in [5, 5.41) is 0. The van der Waals surface area contributed by atoms with Crippen LogP contribution in [0.1, 0.15) is 32.5 Å². The Balaban J connectivity index is 1.26. The lowest BCUT2D eigenvalue weighted by atomic mass is 9.94. The molecule has 1 aromatic carbocycles. The van der Waals surface area contributed by atoms with Crippen molar-refractivity contribution in [2.24, 2.45) is 5.92 Å². The molecule has 2 fully saturated rings. The normalized spacial score (nSPS) is 20.6. The Morgan fingerprint density at radius 3 is 2.48 bits per heavy atom. The van der Waals surface area contributed by atoms with Crippen molar-refractivity contribution in [2.45, 2.75) is 39.3 Å². The van der Waals surface area contributed by atoms with Gasteiger partial charge >= 0.3 is 0 Å². The van der Waals surface area contributed by atoms with Crippen LogP contribution in [0.4, 0.5) is 0 Å². The maximum absolute atomic E-state index is 12.9. The van der Waals surface area contributed by atoms with Gasteiger partial charge < -0.3 is 14.8 Å². The Kier molecular flexibility index (Phi) is 5.45. The lowest BCUT2D eigenvalue weighted by Gasteiger charge is -2.39. The SMILES string of the molecule is CC(C)N1CCC(C(=O)N2CCN(Cc3nc4ccccc4[nH]3)CC2)CC1. The number of carbonyl (C=O) groups excluding carboxylic acids is 1. The summed E-state index contributed by atoms with van der Waals surface area (Å²) in [4.78, 5) is 27.9. The van der Waals surface area contributed by atoms with Crippen molar-refractivity contribution in [1.82, 2.24) is 24.7 Å². The molecule has 0 unspecified atom stereocenters. The van der Waals surface area contributed by atoms with E-state index < -0.39 is 0 Å². The number of imidazole rings is 1. The van der Waals surface area contributed by atoms with Crippen LogP contribution in [0.25, 0.3) is 11.0 Å². The fourth-order valence-electron chi connectivity index (χ4n) is 4.34. The minimum Gasteiger partial charge on any atom is -0.341 e. The molecule has 1 aromatic heterocycles. The Bertz CT molecular complexity index is 737. The van der Waals surface area contributed by atoms with Crippen molar-refractivity contribution in [1.29, 1.82) is 0 Å². The molecule has 1 N–H and O–H groups in total. The molecule has 2 saturated heterocycles. The van der Waals surface area contributed by atoms with Crippen molar-refractivity contribution in [2.75, 3.05) is 39.3 Å². The van der Waals surface area contributed by atoms with Crippen LogP contribution in [0.5, 0.6) is 0 Å². The molecule has 6 heteroatoms. The minimum atomic E-state index is 0.224. The highest BCUT2D eigenvalue weighted by Gasteiger charge is 2.31. The molecule has 6 nitrogen and oxygen atoms in total. The molecule has 1 amide bonds. The molecule has 2 aliphatic rings. The maximum atomic E-state index is 12.9. The molecular formula is C21H31N5O. The summed E-state index contributed by atoms with van der Waals surface area (Å²) >= 11 is 0. The first kappa shape index (κ1) is 18.4. The molecule has 27 heavy (non-hydrogen) atoms. The Morgan fingerprint density at radius 2 is 1.81 bits per heavy atom. The van der Waals surface area contributed by atoms with Crippen molar-refractivity contribution >= 4 is 16.9 Å². The fraction of sp³-hybridized carbons (Fsp3) is 0.619. The summed E-state index contributed by atoms with van der Waals surface area (Å²) in [6.45, 7) is 10.9. The molecule has 146 valence electrons. The largest absolute Gasteiger partial charge is 0.341 e. The number of hydrogen-bond acceptors (Lipinski definition) is 4. The Hall–Kier alpha value is -1.92. The molecule has 0 spiro atoms. The summed E-state index contributed by atoms with van der Waals surface area (Å²) in [6, 6.07) is 8.73. The third-order valence-electron chi connectivity index (χ3n) is 6.10. The standard InChI is InChI=1S/C21H31N5O/c1-16(2)25-9-7-17(8-10-25)21(27)26-13-11-24(12-14-26)15-20-22-18-5-3-4-6-19(18)23-20/h3-6,16-17H,7-15H2,1-2H3,(H,22,23). The predicted molar refractivity (Wildman–Crippen MR) is 107 cm³/mol. The lowest BCUT2D eigenvalue weighted by molar-refractivity contribution is -0.139. The summed E-state index contributed by atoms with van der Waals surface area (Å²) in [5.74, 6) is 1.61. The van der Waals surface area contributed by atoms with E-state index in [0.717, 1.165) is 75.5 Å². The van der Waals surface area contributed by atoms with Crippen molar-refractivity contribution in [3.8, 4) is 0 Å². The molecule has 0 radical (unpaired) electrons. The number of likely N-dealkylation sites (tertiary alicyclic amines) is 1. The predicted octanol–water partition coefficient (Wildman–Crippen LogP) is 2.33. The number of nitrogens with one attached hydrogen (secondary N) is 1. The number of para-hydroxylation sites is 2. The van der Waals surface area contributed by atoms with E-state index in [-0.39, 0.29) is 5.92 Å². The second-order valence-corrected chi connectivity index (χ2v) is 8.21. The number of H-pyrrole nitrogens is 1. The molecule has 3 heterocycles. The van der Waals surface area contributed by atoms with E-state index in [2.05, 4.69) is 44.6 Å². The number of nitrogens with zero attached hydrogens (tertiary/aromatic N) is 4. The average molecular weight is 370 g/mol. The number of benzene rings is 1. The number of amides is 1. The van der Waals surface area contributed by atoms with E-state index in [9.17, 15) is 4.79 Å². The van der Waals surface area contributed by atoms with E-state index >= 15 is 0 Å². The second-order valence-electron chi connectivity index (χ2n) is 8.21. The van der Waals surface area contributed by atoms with Crippen LogP contribution in [0.15, 0.2) is 24.3 Å². The number of hydrogen-bond donors (Lipinski definition) is 1. The molecule has 4 rings (SSSR count). The van der Waals surface area contributed by atoms with Crippen LogP contribution in [0.2, 0.25) is 0 Å². The number of aromatic amines is 1. The van der Waals surface area contributed by atoms with E-state index in [1.807, 2.05) is 18.2 Å². The summed E-state index contributed by atoms with van der Waals surface area (Å²) < 4.78 is 0. The number of carbonyl (C=O) groups is 1. The van der Waals surface area contributed by atoms with E-state index in [4.69, 9.17) is 0 Å². The van der Waals surface area contributed by atoms with E-state index in [1.54, 1.807) is 0 Å². The molecule has 0 saturated carbocycles. The van der Waals surface area contributed by atoms with Gasteiger partial charge in [0.05, 0.1) is 17.6 Å². The summed E-state index contributed by atoms with van der Waals surface area (Å²) in [7, 11) is 0. The van der Waals surface area contributed by atoms with Gasteiger partial charge in [0.25, 0.3) is 0 Å². The van der Waals surface area contributed by atoms with Crippen LogP contribution >= 0.6 is 0 Å². The Morgan fingerprint density at radius 1 is 1.11 bits per heavy atom. The van der Waals surface area contributed by atoms with Crippen LogP contribution in [-0.2, 0) is 11.3 Å². The van der Waals surface area contributed by atoms with Gasteiger partial charge in [0.1, 0.15) is 5.82 Å². The van der Waals surface area contributed by atoms with E-state index in [1.165, 1.54) is 0 Å². The number of piperazine rings is 1. The Labute approximate surface area is 161 Å². The number of aromatic nitrogens is 2. The first-order valence-corrected chi connectivity index (χ1v) is 10.3. The van der Waals surface area contributed by atoms with Gasteiger partial charge in [0.2, 0.25) is 5.91 Å². The van der Waals surface area contributed by atoms with Gasteiger partial charge in [-0.1, -0.05) is 12.1 Å². The third-order valence-corrected chi connectivity index (χ3v) is 6.10. The minimum absolute atomic E-state index is 0.224. The quantitative estimate of drug-likeness (QED) is 0.899. The second kappa shape index (κ2) is 7.98. The molecular weight excluding hydrogens is 338 g/mol. The zero-order valence-electron chi connectivity index (χ0n) is 16.5. The number of fused-ring (bicyclic) bond motifs is 1. The zero-order valence-corrected chi connectivity index (χ0v) is 16.5. The van der Waals surface area contributed by atoms with Gasteiger partial charge in [-0.2, -0.15) is 0 Å². The first-order valence-electron chi connectivity index (χ1n) is 10.3. The monoisotopic (exact) mass is 369 g/mol. The number of rotatable bonds is 4. The topological polar surface area (TPSA) is 55.5 Å². The lowest BCUT2D eigenvalue weighted by Crippen LogP contribution is -2.51. The van der Waals surface area contributed by atoms with Crippen molar-refractivity contribution in [3.63, 3.8) is 0 Å². The van der Waals surface area contributed by atoms with Gasteiger partial charge in [-0.15, -0.1) is 0 Å². The average Bonchev–Trinajstić information content (AvgIpc) is 3.10. The first-order chi connectivity index (χ1) is 13.1. The fourth-order valence-corrected chi connectivity index (χ4v) is 4.34. The highest BCUT2D eigenvalue weighted by Crippen LogP contribution is 2.22. The van der Waals surface area contributed by atoms with E-state index in [0.29, 0.717) is 11.9 Å². The van der Waals surface area contributed by atoms with Gasteiger partial charge in [-0.25, -0.2) is 4.98 Å². The highest BCUT2D eigenvalue weighted by molar-refractivity contribution is 5.79. The molecule has 2 aromatic rings. The van der Waals surface area contributed by atoms with Crippen molar-refractivity contribution < 1.29 is 4.79 Å². The van der Waals surface area contributed by atoms with Gasteiger partial charge in [0, 0.05) is 38.1 Å². The molecule has 0 aliphatic carbocycles. The molecule has 0 bridgehead atoms. The van der Waals surface area contributed by atoms with Crippen molar-refractivity contribution in [3.05, 3.63) is 30.1 Å². The molecule has 0 atom stereocenters. The van der Waals surface area contributed by atoms with Crippen LogP contribution in [0, 0.1) is 5.92 Å². The smallest absolute Gasteiger partial charge is 0.225 e. The zero-order chi connectivity index (χ0) is 18.8. The molecule has 2 aliphatic heterocycles. The van der Waals surface area contributed by atoms with Crippen LogP contribution in [-0.4, -0.2) is 75.9 Å². The highest BCUT2D eigenvalue weighted by atomic mass is 16.2.